The van der Waals surface area contributed by atoms with Gasteiger partial charge < -0.3 is 10.6 Å². The van der Waals surface area contributed by atoms with Crippen LogP contribution in [-0.2, 0) is 0 Å². The lowest BCUT2D eigenvalue weighted by molar-refractivity contribution is 0.775. The minimum atomic E-state index is 0.651. The molecule has 19 heavy (non-hydrogen) atoms. The highest BCUT2D eigenvalue weighted by Gasteiger charge is 2.24. The van der Waals surface area contributed by atoms with Gasteiger partial charge in [-0.05, 0) is 42.7 Å². The molecule has 0 aliphatic carbocycles. The van der Waals surface area contributed by atoms with Crippen LogP contribution < -0.4 is 10.6 Å². The van der Waals surface area contributed by atoms with Crippen molar-refractivity contribution in [3.63, 3.8) is 0 Å². The lowest BCUT2D eigenvalue weighted by atomic mass is 9.99. The van der Waals surface area contributed by atoms with Crippen LogP contribution in [-0.4, -0.2) is 13.1 Å². The Labute approximate surface area is 114 Å². The first-order chi connectivity index (χ1) is 9.24. The molecular weight excluding hydrogens is 232 g/mol. The first-order valence-corrected chi connectivity index (χ1v) is 6.90. The van der Waals surface area contributed by atoms with Crippen molar-refractivity contribution >= 4 is 11.4 Å². The number of nitrogen functional groups attached to an aromatic ring is 1. The largest absolute Gasteiger partial charge is 0.399 e. The predicted molar refractivity (Wildman–Crippen MR) is 81.6 cm³/mol. The molecule has 1 atom stereocenters. The molecule has 98 valence electrons. The van der Waals surface area contributed by atoms with Gasteiger partial charge in [0.1, 0.15) is 0 Å². The molecule has 1 heterocycles. The lowest BCUT2D eigenvalue weighted by Crippen LogP contribution is -2.20. The van der Waals surface area contributed by atoms with Gasteiger partial charge in [-0.2, -0.15) is 0 Å². The van der Waals surface area contributed by atoms with Crippen LogP contribution in [0.3, 0.4) is 0 Å². The van der Waals surface area contributed by atoms with Crippen molar-refractivity contribution in [2.75, 3.05) is 23.7 Å². The van der Waals surface area contributed by atoms with Gasteiger partial charge >= 0.3 is 0 Å². The van der Waals surface area contributed by atoms with E-state index in [9.17, 15) is 0 Å². The van der Waals surface area contributed by atoms with Gasteiger partial charge in [-0.1, -0.05) is 30.3 Å². The zero-order valence-corrected chi connectivity index (χ0v) is 11.3. The summed E-state index contributed by atoms with van der Waals surface area (Å²) >= 11 is 0. The third-order valence-electron chi connectivity index (χ3n) is 4.02. The summed E-state index contributed by atoms with van der Waals surface area (Å²) in [5.41, 5.74) is 10.7. The Morgan fingerprint density at radius 3 is 2.63 bits per heavy atom. The van der Waals surface area contributed by atoms with E-state index in [2.05, 4.69) is 54.3 Å². The molecular formula is C17H20N2. The van der Waals surface area contributed by atoms with E-state index in [1.807, 2.05) is 6.07 Å². The average Bonchev–Trinajstić information content (AvgIpc) is 2.89. The number of hydrogen-bond acceptors (Lipinski definition) is 2. The summed E-state index contributed by atoms with van der Waals surface area (Å²) in [6, 6.07) is 17.0. The second-order valence-electron chi connectivity index (χ2n) is 5.39. The fourth-order valence-electron chi connectivity index (χ4n) is 3.01. The summed E-state index contributed by atoms with van der Waals surface area (Å²) in [5, 5.41) is 0. The SMILES string of the molecule is Cc1cc(N)ccc1N1CCC(c2ccccc2)C1. The molecule has 2 nitrogen and oxygen atoms in total. The van der Waals surface area contributed by atoms with Crippen LogP contribution in [0.4, 0.5) is 11.4 Å². The van der Waals surface area contributed by atoms with E-state index < -0.39 is 0 Å². The molecule has 1 aliphatic rings. The Morgan fingerprint density at radius 2 is 1.89 bits per heavy atom. The van der Waals surface area contributed by atoms with Gasteiger partial charge in [0, 0.05) is 30.4 Å². The van der Waals surface area contributed by atoms with Crippen LogP contribution in [0.5, 0.6) is 0 Å². The van der Waals surface area contributed by atoms with Crippen LogP contribution in [0.15, 0.2) is 48.5 Å². The van der Waals surface area contributed by atoms with Gasteiger partial charge in [-0.3, -0.25) is 0 Å². The number of nitrogens with zero attached hydrogens (tertiary/aromatic N) is 1. The first-order valence-electron chi connectivity index (χ1n) is 6.90. The van der Waals surface area contributed by atoms with Gasteiger partial charge in [-0.25, -0.2) is 0 Å². The van der Waals surface area contributed by atoms with Crippen LogP contribution in [0.1, 0.15) is 23.5 Å². The third-order valence-corrected chi connectivity index (χ3v) is 4.02. The fraction of sp³-hybridized carbons (Fsp3) is 0.294. The van der Waals surface area contributed by atoms with Crippen molar-refractivity contribution < 1.29 is 0 Å². The third kappa shape index (κ3) is 2.43. The van der Waals surface area contributed by atoms with Gasteiger partial charge in [0.2, 0.25) is 0 Å². The summed E-state index contributed by atoms with van der Waals surface area (Å²) in [6.07, 6.45) is 1.23. The number of benzene rings is 2. The monoisotopic (exact) mass is 252 g/mol. The zero-order chi connectivity index (χ0) is 13.2. The molecule has 3 rings (SSSR count). The molecule has 1 unspecified atom stereocenters. The molecule has 0 bridgehead atoms. The van der Waals surface area contributed by atoms with E-state index in [4.69, 9.17) is 5.73 Å². The standard InChI is InChI=1S/C17H20N2/c1-13-11-16(18)7-8-17(13)19-10-9-15(12-19)14-5-3-2-4-6-14/h2-8,11,15H,9-10,12,18H2,1H3. The first kappa shape index (κ1) is 12.1. The van der Waals surface area contributed by atoms with Gasteiger partial charge in [0.15, 0.2) is 0 Å². The summed E-state index contributed by atoms with van der Waals surface area (Å²) in [6.45, 7) is 4.38. The lowest BCUT2D eigenvalue weighted by Gasteiger charge is -2.21. The Hall–Kier alpha value is -1.96. The van der Waals surface area contributed by atoms with Crippen molar-refractivity contribution in [2.45, 2.75) is 19.3 Å². The molecule has 0 radical (unpaired) electrons. The molecule has 0 amide bonds. The Balaban J connectivity index is 1.79. The van der Waals surface area contributed by atoms with Crippen molar-refractivity contribution in [1.29, 1.82) is 0 Å². The second-order valence-corrected chi connectivity index (χ2v) is 5.39. The maximum Gasteiger partial charge on any atom is 0.0397 e. The van der Waals surface area contributed by atoms with E-state index in [1.165, 1.54) is 23.2 Å². The minimum Gasteiger partial charge on any atom is -0.399 e. The Kier molecular flexibility index (Phi) is 3.16. The molecule has 0 saturated carbocycles. The topological polar surface area (TPSA) is 29.3 Å². The maximum absolute atomic E-state index is 5.83. The van der Waals surface area contributed by atoms with Gasteiger partial charge in [0.25, 0.3) is 0 Å². The van der Waals surface area contributed by atoms with E-state index in [0.29, 0.717) is 5.92 Å². The highest BCUT2D eigenvalue weighted by Crippen LogP contribution is 2.32. The smallest absolute Gasteiger partial charge is 0.0397 e. The van der Waals surface area contributed by atoms with E-state index in [-0.39, 0.29) is 0 Å². The Morgan fingerprint density at radius 1 is 1.11 bits per heavy atom. The van der Waals surface area contributed by atoms with Crippen LogP contribution >= 0.6 is 0 Å². The van der Waals surface area contributed by atoms with E-state index in [1.54, 1.807) is 0 Å². The zero-order valence-electron chi connectivity index (χ0n) is 11.3. The molecule has 1 fully saturated rings. The summed E-state index contributed by atoms with van der Waals surface area (Å²) in [7, 11) is 0. The van der Waals surface area contributed by atoms with Crippen molar-refractivity contribution in [3.8, 4) is 0 Å². The maximum atomic E-state index is 5.83. The normalized spacial score (nSPS) is 18.8. The molecule has 2 N–H and O–H groups in total. The number of anilines is 2. The highest BCUT2D eigenvalue weighted by atomic mass is 15.2. The van der Waals surface area contributed by atoms with Gasteiger partial charge in [-0.15, -0.1) is 0 Å². The predicted octanol–water partition coefficient (Wildman–Crippen LogP) is 3.57. The molecule has 2 heteroatoms. The van der Waals surface area contributed by atoms with Crippen molar-refractivity contribution in [1.82, 2.24) is 0 Å². The fourth-order valence-corrected chi connectivity index (χ4v) is 3.01. The molecule has 2 aromatic rings. The van der Waals surface area contributed by atoms with Gasteiger partial charge in [0.05, 0.1) is 0 Å². The summed E-state index contributed by atoms with van der Waals surface area (Å²) in [4.78, 5) is 2.48. The minimum absolute atomic E-state index is 0.651. The molecule has 0 aromatic heterocycles. The molecule has 1 saturated heterocycles. The van der Waals surface area contributed by atoms with Crippen LogP contribution in [0, 0.1) is 6.92 Å². The molecule has 1 aliphatic heterocycles. The van der Waals surface area contributed by atoms with Crippen LogP contribution in [0.2, 0.25) is 0 Å². The molecule has 2 aromatic carbocycles. The van der Waals surface area contributed by atoms with Crippen LogP contribution in [0.25, 0.3) is 0 Å². The summed E-state index contributed by atoms with van der Waals surface area (Å²) in [5.74, 6) is 0.651. The Bertz CT molecular complexity index is 563. The number of hydrogen-bond donors (Lipinski definition) is 1. The quantitative estimate of drug-likeness (QED) is 0.828. The van der Waals surface area contributed by atoms with Crippen molar-refractivity contribution in [2.24, 2.45) is 0 Å². The second kappa shape index (κ2) is 4.96. The highest BCUT2D eigenvalue weighted by molar-refractivity contribution is 5.60. The number of rotatable bonds is 2. The number of nitrogens with two attached hydrogens (primary N) is 1. The van der Waals surface area contributed by atoms with E-state index in [0.717, 1.165) is 18.8 Å². The van der Waals surface area contributed by atoms with Crippen molar-refractivity contribution in [3.05, 3.63) is 59.7 Å². The summed E-state index contributed by atoms with van der Waals surface area (Å²) < 4.78 is 0. The molecule has 0 spiro atoms. The number of aryl methyl sites for hydroxylation is 1. The van der Waals surface area contributed by atoms with E-state index >= 15 is 0 Å². The average molecular weight is 252 g/mol.